The zero-order valence-electron chi connectivity index (χ0n) is 8.48. The molecule has 1 aliphatic rings. The van der Waals surface area contributed by atoms with Crippen LogP contribution in [0.3, 0.4) is 0 Å². The zero-order chi connectivity index (χ0) is 11.1. The highest BCUT2D eigenvalue weighted by Gasteiger charge is 2.29. The fraction of sp³-hybridized carbons (Fsp3) is 0.273. The number of hydrogen-bond acceptors (Lipinski definition) is 4. The molecule has 0 radical (unpaired) electrons. The highest BCUT2D eigenvalue weighted by atomic mass is 19.1. The minimum atomic E-state index is -0.403. The van der Waals surface area contributed by atoms with Crippen molar-refractivity contribution in [3.63, 3.8) is 0 Å². The van der Waals surface area contributed by atoms with Gasteiger partial charge in [-0.1, -0.05) is 5.16 Å². The Labute approximate surface area is 91.3 Å². The van der Waals surface area contributed by atoms with Gasteiger partial charge in [0.05, 0.1) is 5.56 Å². The molecule has 2 aromatic rings. The molecule has 0 saturated heterocycles. The molecule has 82 valence electrons. The van der Waals surface area contributed by atoms with Crippen molar-refractivity contribution in [2.24, 2.45) is 0 Å². The largest absolute Gasteiger partial charge is 0.399 e. The quantitative estimate of drug-likeness (QED) is 0.787. The summed E-state index contributed by atoms with van der Waals surface area (Å²) in [6.45, 7) is 0. The van der Waals surface area contributed by atoms with E-state index < -0.39 is 5.82 Å². The van der Waals surface area contributed by atoms with Crippen LogP contribution in [0.1, 0.15) is 24.6 Å². The van der Waals surface area contributed by atoms with Crippen LogP contribution in [0.2, 0.25) is 0 Å². The van der Waals surface area contributed by atoms with Crippen molar-refractivity contribution < 1.29 is 8.91 Å². The molecule has 16 heavy (non-hydrogen) atoms. The predicted molar refractivity (Wildman–Crippen MR) is 56.1 cm³/mol. The average molecular weight is 219 g/mol. The third kappa shape index (κ3) is 1.54. The van der Waals surface area contributed by atoms with E-state index in [1.807, 2.05) is 0 Å². The molecular weight excluding hydrogens is 209 g/mol. The lowest BCUT2D eigenvalue weighted by Gasteiger charge is -1.98. The van der Waals surface area contributed by atoms with Crippen molar-refractivity contribution in [1.29, 1.82) is 0 Å². The normalized spacial score (nSPS) is 15.3. The Hall–Kier alpha value is -1.91. The van der Waals surface area contributed by atoms with Crippen LogP contribution in [0, 0.1) is 5.82 Å². The van der Waals surface area contributed by atoms with Gasteiger partial charge in [0.15, 0.2) is 5.82 Å². The molecule has 0 aliphatic heterocycles. The summed E-state index contributed by atoms with van der Waals surface area (Å²) >= 11 is 0. The Balaban J connectivity index is 2.03. The zero-order valence-corrected chi connectivity index (χ0v) is 8.48. The number of hydrogen-bond donors (Lipinski definition) is 1. The van der Waals surface area contributed by atoms with Crippen molar-refractivity contribution in [2.75, 3.05) is 5.73 Å². The van der Waals surface area contributed by atoms with Gasteiger partial charge >= 0.3 is 0 Å². The molecule has 0 bridgehead atoms. The number of benzene rings is 1. The third-order valence-electron chi connectivity index (χ3n) is 2.61. The molecule has 0 unspecified atom stereocenters. The maximum absolute atomic E-state index is 13.5. The van der Waals surface area contributed by atoms with Crippen molar-refractivity contribution in [2.45, 2.75) is 18.8 Å². The first-order valence-electron chi connectivity index (χ1n) is 5.13. The maximum atomic E-state index is 13.5. The van der Waals surface area contributed by atoms with Crippen molar-refractivity contribution in [1.82, 2.24) is 10.1 Å². The molecule has 1 heterocycles. The second-order valence-corrected chi connectivity index (χ2v) is 3.97. The summed E-state index contributed by atoms with van der Waals surface area (Å²) in [6.07, 6.45) is 2.16. The van der Waals surface area contributed by atoms with Gasteiger partial charge in [-0.3, -0.25) is 0 Å². The van der Waals surface area contributed by atoms with Crippen molar-refractivity contribution in [3.05, 3.63) is 29.8 Å². The topological polar surface area (TPSA) is 64.9 Å². The van der Waals surface area contributed by atoms with E-state index in [0.717, 1.165) is 12.8 Å². The fourth-order valence-electron chi connectivity index (χ4n) is 1.56. The summed E-state index contributed by atoms with van der Waals surface area (Å²) in [5.41, 5.74) is 6.33. The van der Waals surface area contributed by atoms with Crippen LogP contribution in [0.4, 0.5) is 10.1 Å². The molecule has 0 atom stereocenters. The lowest BCUT2D eigenvalue weighted by molar-refractivity contribution is 0.420. The van der Waals surface area contributed by atoms with Gasteiger partial charge in [0.1, 0.15) is 5.82 Å². The van der Waals surface area contributed by atoms with Gasteiger partial charge in [-0.15, -0.1) is 0 Å². The van der Waals surface area contributed by atoms with Crippen LogP contribution in [0.25, 0.3) is 11.5 Å². The van der Waals surface area contributed by atoms with E-state index in [2.05, 4.69) is 10.1 Å². The van der Waals surface area contributed by atoms with Gasteiger partial charge in [0.2, 0.25) is 0 Å². The average Bonchev–Trinajstić information content (AvgIpc) is 3.01. The smallest absolute Gasteiger partial charge is 0.260 e. The van der Waals surface area contributed by atoms with Crippen molar-refractivity contribution >= 4 is 5.69 Å². The van der Waals surface area contributed by atoms with Crippen LogP contribution >= 0.6 is 0 Å². The number of halogens is 1. The molecule has 1 aliphatic carbocycles. The third-order valence-corrected chi connectivity index (χ3v) is 2.61. The first-order chi connectivity index (χ1) is 7.74. The molecule has 0 spiro atoms. The summed E-state index contributed by atoms with van der Waals surface area (Å²) in [7, 11) is 0. The van der Waals surface area contributed by atoms with Crippen LogP contribution in [0.5, 0.6) is 0 Å². The summed E-state index contributed by atoms with van der Waals surface area (Å²) in [6, 6.07) is 4.29. The highest BCUT2D eigenvalue weighted by molar-refractivity contribution is 5.60. The molecule has 1 aromatic carbocycles. The minimum absolute atomic E-state index is 0.201. The fourth-order valence-corrected chi connectivity index (χ4v) is 1.56. The Bertz CT molecular complexity index is 534. The number of rotatable bonds is 2. The molecule has 1 saturated carbocycles. The van der Waals surface area contributed by atoms with E-state index in [4.69, 9.17) is 10.3 Å². The second-order valence-electron chi connectivity index (χ2n) is 3.97. The first kappa shape index (κ1) is 9.33. The van der Waals surface area contributed by atoms with E-state index in [0.29, 0.717) is 17.4 Å². The number of nitrogens with two attached hydrogens (primary N) is 1. The Morgan fingerprint density at radius 2 is 2.19 bits per heavy atom. The van der Waals surface area contributed by atoms with E-state index >= 15 is 0 Å². The molecule has 0 amide bonds. The lowest BCUT2D eigenvalue weighted by Crippen LogP contribution is -1.90. The van der Waals surface area contributed by atoms with Crippen LogP contribution in [0.15, 0.2) is 22.7 Å². The Kier molecular flexibility index (Phi) is 1.92. The summed E-state index contributed by atoms with van der Waals surface area (Å²) in [5.74, 6) is 0.852. The monoisotopic (exact) mass is 219 g/mol. The molecule has 3 rings (SSSR count). The SMILES string of the molecule is Nc1ccc(F)c(-c2nc(C3CC3)no2)c1. The number of aromatic nitrogens is 2. The lowest BCUT2D eigenvalue weighted by atomic mass is 10.2. The summed E-state index contributed by atoms with van der Waals surface area (Å²) in [5, 5.41) is 3.83. The van der Waals surface area contributed by atoms with Gasteiger partial charge in [-0.2, -0.15) is 4.98 Å². The molecule has 5 heteroatoms. The highest BCUT2D eigenvalue weighted by Crippen LogP contribution is 2.39. The van der Waals surface area contributed by atoms with E-state index in [1.165, 1.54) is 18.2 Å². The van der Waals surface area contributed by atoms with Gasteiger partial charge < -0.3 is 10.3 Å². The van der Waals surface area contributed by atoms with E-state index in [9.17, 15) is 4.39 Å². The molecule has 1 aromatic heterocycles. The van der Waals surface area contributed by atoms with Crippen molar-refractivity contribution in [3.8, 4) is 11.5 Å². The van der Waals surface area contributed by atoms with Crippen LogP contribution < -0.4 is 5.73 Å². The molecular formula is C11H10FN3O. The summed E-state index contributed by atoms with van der Waals surface area (Å²) < 4.78 is 18.5. The Morgan fingerprint density at radius 3 is 2.94 bits per heavy atom. The van der Waals surface area contributed by atoms with Crippen LogP contribution in [-0.4, -0.2) is 10.1 Å². The second kappa shape index (κ2) is 3.30. The van der Waals surface area contributed by atoms with E-state index in [1.54, 1.807) is 0 Å². The Morgan fingerprint density at radius 1 is 1.38 bits per heavy atom. The standard InChI is InChI=1S/C11H10FN3O/c12-9-4-3-7(13)5-8(9)11-14-10(15-16-11)6-1-2-6/h3-6H,1-2,13H2. The number of nitrogen functional groups attached to an aromatic ring is 1. The summed E-state index contributed by atoms with van der Waals surface area (Å²) in [4.78, 5) is 4.17. The number of anilines is 1. The minimum Gasteiger partial charge on any atom is -0.399 e. The maximum Gasteiger partial charge on any atom is 0.260 e. The van der Waals surface area contributed by atoms with E-state index in [-0.39, 0.29) is 11.5 Å². The van der Waals surface area contributed by atoms with Gasteiger partial charge in [0.25, 0.3) is 5.89 Å². The molecule has 1 fully saturated rings. The van der Waals surface area contributed by atoms with Gasteiger partial charge in [0, 0.05) is 11.6 Å². The van der Waals surface area contributed by atoms with Crippen LogP contribution in [-0.2, 0) is 0 Å². The first-order valence-corrected chi connectivity index (χ1v) is 5.13. The predicted octanol–water partition coefficient (Wildman–Crippen LogP) is 2.34. The van der Waals surface area contributed by atoms with Gasteiger partial charge in [-0.25, -0.2) is 4.39 Å². The number of nitrogens with zero attached hydrogens (tertiary/aromatic N) is 2. The molecule has 4 nitrogen and oxygen atoms in total. The van der Waals surface area contributed by atoms with Gasteiger partial charge in [-0.05, 0) is 31.0 Å². The molecule has 2 N–H and O–H groups in total.